The first kappa shape index (κ1) is 26.9. The largest absolute Gasteiger partial charge is 0.380 e. The van der Waals surface area contributed by atoms with E-state index in [1.807, 2.05) is 18.2 Å². The predicted molar refractivity (Wildman–Crippen MR) is 145 cm³/mol. The Morgan fingerprint density at radius 1 is 1.11 bits per heavy atom. The second-order valence-electron chi connectivity index (χ2n) is 11.6. The maximum atomic E-state index is 12.5. The molecule has 4 heterocycles. The highest BCUT2D eigenvalue weighted by atomic mass is 32.2. The Labute approximate surface area is 224 Å². The average Bonchev–Trinajstić information content (AvgIpc) is 3.37. The van der Waals surface area contributed by atoms with Gasteiger partial charge in [0, 0.05) is 55.5 Å². The Hall–Kier alpha value is -2.66. The molecule has 204 valence electrons. The highest BCUT2D eigenvalue weighted by Gasteiger charge is 2.55. The lowest BCUT2D eigenvalue weighted by Crippen LogP contribution is -2.63. The van der Waals surface area contributed by atoms with Gasteiger partial charge in [-0.1, -0.05) is 50.2 Å². The first-order valence-electron chi connectivity index (χ1n) is 13.2. The van der Waals surface area contributed by atoms with Gasteiger partial charge >= 0.3 is 0 Å². The molecule has 3 aromatic rings. The van der Waals surface area contributed by atoms with E-state index in [0.29, 0.717) is 54.7 Å². The van der Waals surface area contributed by atoms with E-state index < -0.39 is 21.0 Å². The van der Waals surface area contributed by atoms with Crippen LogP contribution in [0.2, 0.25) is 0 Å². The average molecular weight is 540 g/mol. The van der Waals surface area contributed by atoms with Gasteiger partial charge in [0.1, 0.15) is 5.60 Å². The van der Waals surface area contributed by atoms with Gasteiger partial charge in [-0.3, -0.25) is 4.98 Å². The van der Waals surface area contributed by atoms with Gasteiger partial charge in [-0.15, -0.1) is 0 Å². The van der Waals surface area contributed by atoms with E-state index in [9.17, 15) is 13.5 Å². The summed E-state index contributed by atoms with van der Waals surface area (Å²) in [6.45, 7) is 8.81. The predicted octanol–water partition coefficient (Wildman–Crippen LogP) is 3.58. The van der Waals surface area contributed by atoms with Gasteiger partial charge in [0.25, 0.3) is 5.89 Å². The van der Waals surface area contributed by atoms with Crippen molar-refractivity contribution < 1.29 is 18.0 Å². The second-order valence-corrected chi connectivity index (χ2v) is 13.6. The number of benzene rings is 1. The molecule has 1 aromatic carbocycles. The number of piperidine rings is 1. The number of nitrogens with zero attached hydrogens (tertiary/aromatic N) is 5. The van der Waals surface area contributed by atoms with Gasteiger partial charge in [0.05, 0.1) is 11.8 Å². The van der Waals surface area contributed by atoms with Crippen LogP contribution in [0.1, 0.15) is 68.0 Å². The lowest BCUT2D eigenvalue weighted by atomic mass is 9.62. The molecule has 2 fully saturated rings. The summed E-state index contributed by atoms with van der Waals surface area (Å²) in [7, 11) is -1.14. The lowest BCUT2D eigenvalue weighted by Gasteiger charge is -2.55. The lowest BCUT2D eigenvalue weighted by molar-refractivity contribution is -0.127. The Balaban J connectivity index is 1.45. The van der Waals surface area contributed by atoms with Crippen molar-refractivity contribution >= 4 is 10.0 Å². The summed E-state index contributed by atoms with van der Waals surface area (Å²) in [6, 6.07) is 10.1. The highest BCUT2D eigenvalue weighted by molar-refractivity contribution is 7.88. The van der Waals surface area contributed by atoms with Crippen molar-refractivity contribution in [2.24, 2.45) is 5.41 Å². The fourth-order valence-electron chi connectivity index (χ4n) is 6.07. The van der Waals surface area contributed by atoms with Crippen molar-refractivity contribution in [2.45, 2.75) is 51.0 Å². The smallest absolute Gasteiger partial charge is 0.259 e. The van der Waals surface area contributed by atoms with Crippen molar-refractivity contribution in [1.82, 2.24) is 24.3 Å². The summed E-state index contributed by atoms with van der Waals surface area (Å²) >= 11 is 0. The van der Waals surface area contributed by atoms with Crippen LogP contribution in [0.15, 0.2) is 47.2 Å². The number of likely N-dealkylation sites (tertiary alicyclic amines) is 1. The Kier molecular flexibility index (Phi) is 6.96. The molecule has 1 N–H and O–H groups in total. The number of sulfonamides is 1. The van der Waals surface area contributed by atoms with Crippen LogP contribution in [0.5, 0.6) is 0 Å². The zero-order valence-corrected chi connectivity index (χ0v) is 23.6. The summed E-state index contributed by atoms with van der Waals surface area (Å²) in [6.07, 6.45) is 5.92. The van der Waals surface area contributed by atoms with Crippen molar-refractivity contribution in [3.8, 4) is 11.5 Å². The molecule has 2 aliphatic heterocycles. The van der Waals surface area contributed by atoms with Gasteiger partial charge in [-0.2, -0.15) is 4.98 Å². The van der Waals surface area contributed by atoms with Crippen LogP contribution in [-0.4, -0.2) is 77.3 Å². The zero-order valence-electron chi connectivity index (χ0n) is 22.8. The third-order valence-electron chi connectivity index (χ3n) is 8.24. The molecule has 0 radical (unpaired) electrons. The second kappa shape index (κ2) is 9.82. The van der Waals surface area contributed by atoms with E-state index in [4.69, 9.17) is 4.52 Å². The number of aromatic nitrogens is 3. The van der Waals surface area contributed by atoms with E-state index in [-0.39, 0.29) is 5.92 Å². The van der Waals surface area contributed by atoms with Crippen LogP contribution < -0.4 is 0 Å². The molecule has 0 aliphatic carbocycles. The third kappa shape index (κ3) is 4.79. The van der Waals surface area contributed by atoms with Gasteiger partial charge in [0.2, 0.25) is 10.0 Å². The zero-order chi connectivity index (χ0) is 27.3. The Morgan fingerprint density at radius 3 is 2.34 bits per heavy atom. The van der Waals surface area contributed by atoms with Crippen LogP contribution in [0.25, 0.3) is 11.5 Å². The number of rotatable bonds is 7. The number of pyridine rings is 1. The van der Waals surface area contributed by atoms with Gasteiger partial charge in [-0.25, -0.2) is 12.7 Å². The number of aliphatic hydroxyl groups is 1. The first-order chi connectivity index (χ1) is 17.9. The monoisotopic (exact) mass is 539 g/mol. The van der Waals surface area contributed by atoms with E-state index in [2.05, 4.69) is 60.0 Å². The van der Waals surface area contributed by atoms with Crippen LogP contribution in [0.3, 0.4) is 0 Å². The summed E-state index contributed by atoms with van der Waals surface area (Å²) in [4.78, 5) is 11.3. The minimum absolute atomic E-state index is 0.0301. The normalized spacial score (nSPS) is 20.8. The molecular weight excluding hydrogens is 502 g/mol. The van der Waals surface area contributed by atoms with E-state index in [0.717, 1.165) is 18.7 Å². The first-order valence-corrected chi connectivity index (χ1v) is 15.0. The summed E-state index contributed by atoms with van der Waals surface area (Å²) in [5.74, 6) is 1.35. The molecule has 2 aliphatic rings. The highest BCUT2D eigenvalue weighted by Crippen LogP contribution is 2.50. The van der Waals surface area contributed by atoms with Gasteiger partial charge in [0.15, 0.2) is 5.82 Å². The Bertz CT molecular complexity index is 1390. The maximum Gasteiger partial charge on any atom is 0.259 e. The maximum absolute atomic E-state index is 12.5. The van der Waals surface area contributed by atoms with Crippen molar-refractivity contribution in [3.05, 3.63) is 65.2 Å². The molecule has 0 spiro atoms. The molecule has 2 saturated heterocycles. The summed E-state index contributed by atoms with van der Waals surface area (Å²) < 4.78 is 30.8. The molecule has 9 nitrogen and oxygen atoms in total. The minimum Gasteiger partial charge on any atom is -0.380 e. The van der Waals surface area contributed by atoms with E-state index >= 15 is 0 Å². The van der Waals surface area contributed by atoms with Crippen molar-refractivity contribution in [1.29, 1.82) is 0 Å². The summed E-state index contributed by atoms with van der Waals surface area (Å²) in [5.41, 5.74) is 1.71. The van der Waals surface area contributed by atoms with Crippen molar-refractivity contribution in [3.63, 3.8) is 0 Å². The quantitative estimate of drug-likeness (QED) is 0.485. The van der Waals surface area contributed by atoms with Crippen LogP contribution in [0.4, 0.5) is 0 Å². The molecule has 38 heavy (non-hydrogen) atoms. The summed E-state index contributed by atoms with van der Waals surface area (Å²) in [5, 5.41) is 16.7. The van der Waals surface area contributed by atoms with E-state index in [1.165, 1.54) is 16.1 Å². The molecule has 10 heteroatoms. The number of hydrogen-bond acceptors (Lipinski definition) is 8. The SMILES string of the molecule is CC(C)c1ccc([C@](O)(c2cncc(-c3nc(C4CCN(S(C)(=O)=O)CC4)no3)c2)C2(C)CN(C)C2)cc1. The molecule has 0 bridgehead atoms. The number of hydrogen-bond donors (Lipinski definition) is 1. The Morgan fingerprint density at radius 2 is 1.76 bits per heavy atom. The van der Waals surface area contributed by atoms with E-state index in [1.54, 1.807) is 12.4 Å². The fraction of sp³-hybridized carbons (Fsp3) is 0.536. The molecule has 0 unspecified atom stereocenters. The molecule has 2 aromatic heterocycles. The fourth-order valence-corrected chi connectivity index (χ4v) is 6.94. The van der Waals surface area contributed by atoms with Crippen molar-refractivity contribution in [2.75, 3.05) is 39.5 Å². The van der Waals surface area contributed by atoms with Crippen LogP contribution >= 0.6 is 0 Å². The molecule has 0 saturated carbocycles. The molecule has 0 amide bonds. The molecule has 1 atom stereocenters. The van der Waals surface area contributed by atoms with Gasteiger partial charge in [-0.05, 0) is 43.0 Å². The third-order valence-corrected chi connectivity index (χ3v) is 9.54. The standard InChI is InChI=1S/C28H37N5O4S/c1-19(2)20-6-8-23(9-7-20)28(34,27(3)17-32(4)18-27)24-14-22(15-29-16-24)26-30-25(31-37-26)21-10-12-33(13-11-21)38(5,35)36/h6-9,14-16,19,21,34H,10-13,17-18H2,1-5H3/t28-/m0/s1. The molecule has 5 rings (SSSR count). The van der Waals surface area contributed by atoms with Crippen LogP contribution in [-0.2, 0) is 15.6 Å². The molecular formula is C28H37N5O4S. The topological polar surface area (TPSA) is 113 Å². The van der Waals surface area contributed by atoms with Crippen LogP contribution in [0, 0.1) is 5.41 Å². The minimum atomic E-state index is -3.20. The van der Waals surface area contributed by atoms with Gasteiger partial charge < -0.3 is 14.5 Å².